The van der Waals surface area contributed by atoms with E-state index >= 15 is 0 Å². The summed E-state index contributed by atoms with van der Waals surface area (Å²) in [6, 6.07) is 3.27. The Bertz CT molecular complexity index is 555. The van der Waals surface area contributed by atoms with E-state index in [0.717, 1.165) is 17.7 Å². The quantitative estimate of drug-likeness (QED) is 0.741. The molecule has 0 unspecified atom stereocenters. The summed E-state index contributed by atoms with van der Waals surface area (Å²) in [7, 11) is 0. The molecule has 0 fully saturated rings. The lowest BCUT2D eigenvalue weighted by Gasteiger charge is -2.19. The molecule has 1 aromatic rings. The number of allylic oxidation sites excluding steroid dienone is 1. The predicted molar refractivity (Wildman–Crippen MR) is 73.6 cm³/mol. The van der Waals surface area contributed by atoms with Gasteiger partial charge in [-0.2, -0.15) is 13.2 Å². The molecule has 0 amide bonds. The van der Waals surface area contributed by atoms with Crippen LogP contribution in [0.3, 0.4) is 0 Å². The maximum atomic E-state index is 12.9. The van der Waals surface area contributed by atoms with E-state index in [0.29, 0.717) is 0 Å². The number of ketones is 1. The second kappa shape index (κ2) is 5.94. The molecule has 108 valence electrons. The van der Waals surface area contributed by atoms with Crippen LogP contribution in [0, 0.1) is 0 Å². The Balaban J connectivity index is 3.46. The van der Waals surface area contributed by atoms with E-state index in [9.17, 15) is 18.0 Å². The Morgan fingerprint density at radius 2 is 1.80 bits per heavy atom. The fourth-order valence-corrected chi connectivity index (χ4v) is 1.64. The van der Waals surface area contributed by atoms with Gasteiger partial charge in [0, 0.05) is 23.7 Å². The maximum Gasteiger partial charge on any atom is 0.416 e. The molecule has 2 nitrogen and oxygen atoms in total. The van der Waals surface area contributed by atoms with Gasteiger partial charge in [0.1, 0.15) is 0 Å². The first-order chi connectivity index (χ1) is 9.15. The smallest absolute Gasteiger partial charge is 0.325 e. The van der Waals surface area contributed by atoms with Gasteiger partial charge >= 0.3 is 6.18 Å². The number of alkyl halides is 3. The molecule has 0 N–H and O–H groups in total. The van der Waals surface area contributed by atoms with Crippen LogP contribution in [-0.2, 0) is 6.18 Å². The van der Waals surface area contributed by atoms with Gasteiger partial charge in [-0.1, -0.05) is 12.2 Å². The average Bonchev–Trinajstić information content (AvgIpc) is 2.34. The van der Waals surface area contributed by atoms with Crippen molar-refractivity contribution in [3.8, 4) is 0 Å². The number of hydrogen-bond acceptors (Lipinski definition) is 2. The zero-order valence-electron chi connectivity index (χ0n) is 11.6. The van der Waals surface area contributed by atoms with Crippen molar-refractivity contribution < 1.29 is 18.0 Å². The standard InChI is InChI=1S/C15H16F3NO/c1-5-19(9-10(2)3)14-7-12(11(4)20)6-13(8-14)15(16,17)18/h5-9H,1H2,2-4H3. The average molecular weight is 283 g/mol. The summed E-state index contributed by atoms with van der Waals surface area (Å²) in [5.41, 5.74) is 0.311. The molecule has 0 saturated carbocycles. The molecule has 0 aromatic heterocycles. The molecule has 0 aliphatic heterocycles. The van der Waals surface area contributed by atoms with Crippen molar-refractivity contribution in [3.63, 3.8) is 0 Å². The lowest BCUT2D eigenvalue weighted by Crippen LogP contribution is -2.12. The fraction of sp³-hybridized carbons (Fsp3) is 0.267. The molecule has 1 rings (SSSR count). The second-order valence-electron chi connectivity index (χ2n) is 4.62. The van der Waals surface area contributed by atoms with E-state index in [2.05, 4.69) is 6.58 Å². The van der Waals surface area contributed by atoms with Gasteiger partial charge in [0.2, 0.25) is 0 Å². The number of carbonyl (C=O) groups is 1. The molecule has 0 radical (unpaired) electrons. The molecule has 0 heterocycles. The molecule has 0 saturated heterocycles. The monoisotopic (exact) mass is 283 g/mol. The van der Waals surface area contributed by atoms with Crippen LogP contribution in [0.1, 0.15) is 36.7 Å². The lowest BCUT2D eigenvalue weighted by atomic mass is 10.1. The van der Waals surface area contributed by atoms with Crippen molar-refractivity contribution in [1.82, 2.24) is 0 Å². The minimum absolute atomic E-state index is 0.0174. The molecule has 0 atom stereocenters. The molecule has 20 heavy (non-hydrogen) atoms. The zero-order chi connectivity index (χ0) is 15.5. The van der Waals surface area contributed by atoms with Gasteiger partial charge in [0.15, 0.2) is 5.78 Å². The number of carbonyl (C=O) groups excluding carboxylic acids is 1. The van der Waals surface area contributed by atoms with Crippen LogP contribution in [0.5, 0.6) is 0 Å². The Morgan fingerprint density at radius 3 is 2.20 bits per heavy atom. The highest BCUT2D eigenvalue weighted by molar-refractivity contribution is 5.95. The van der Waals surface area contributed by atoms with Crippen LogP contribution in [-0.4, -0.2) is 5.78 Å². The maximum absolute atomic E-state index is 12.9. The molecule has 5 heteroatoms. The molecular weight excluding hydrogens is 267 g/mol. The Labute approximate surface area is 116 Å². The minimum atomic E-state index is -4.50. The summed E-state index contributed by atoms with van der Waals surface area (Å²) in [5, 5.41) is 0. The molecule has 1 aromatic carbocycles. The van der Waals surface area contributed by atoms with E-state index in [-0.39, 0.29) is 11.3 Å². The molecular formula is C15H16F3NO. The lowest BCUT2D eigenvalue weighted by molar-refractivity contribution is -0.137. The van der Waals surface area contributed by atoms with Crippen LogP contribution in [0.25, 0.3) is 0 Å². The highest BCUT2D eigenvalue weighted by Crippen LogP contribution is 2.33. The summed E-state index contributed by atoms with van der Waals surface area (Å²) < 4.78 is 38.6. The first-order valence-electron chi connectivity index (χ1n) is 5.94. The number of anilines is 1. The summed E-state index contributed by atoms with van der Waals surface area (Å²) in [5.74, 6) is -0.418. The molecule has 0 aliphatic rings. The topological polar surface area (TPSA) is 20.3 Å². The summed E-state index contributed by atoms with van der Waals surface area (Å²) in [6.45, 7) is 8.44. The van der Waals surface area contributed by atoms with Crippen LogP contribution in [0.15, 0.2) is 42.8 Å². The number of nitrogens with zero attached hydrogens (tertiary/aromatic N) is 1. The van der Waals surface area contributed by atoms with Crippen LogP contribution in [0.2, 0.25) is 0 Å². The number of rotatable bonds is 4. The van der Waals surface area contributed by atoms with Crippen LogP contribution >= 0.6 is 0 Å². The first kappa shape index (κ1) is 16.0. The summed E-state index contributed by atoms with van der Waals surface area (Å²) in [6.07, 6.45) is -1.46. The largest absolute Gasteiger partial charge is 0.416 e. The van der Waals surface area contributed by atoms with E-state index in [1.165, 1.54) is 24.1 Å². The molecule has 0 spiro atoms. The normalized spacial score (nSPS) is 10.9. The van der Waals surface area contributed by atoms with Gasteiger partial charge in [-0.05, 0) is 39.0 Å². The van der Waals surface area contributed by atoms with Gasteiger partial charge in [-0.3, -0.25) is 4.79 Å². The second-order valence-corrected chi connectivity index (χ2v) is 4.62. The highest BCUT2D eigenvalue weighted by Gasteiger charge is 2.31. The van der Waals surface area contributed by atoms with Crippen molar-refractivity contribution >= 4 is 11.5 Å². The third-order valence-corrected chi connectivity index (χ3v) is 2.54. The van der Waals surface area contributed by atoms with Gasteiger partial charge in [-0.25, -0.2) is 0 Å². The molecule has 0 bridgehead atoms. The Morgan fingerprint density at radius 1 is 1.20 bits per heavy atom. The van der Waals surface area contributed by atoms with E-state index in [4.69, 9.17) is 0 Å². The van der Waals surface area contributed by atoms with Crippen molar-refractivity contribution in [2.24, 2.45) is 0 Å². The van der Waals surface area contributed by atoms with Crippen LogP contribution in [0.4, 0.5) is 18.9 Å². The number of Topliss-reactive ketones (excluding diaryl/α,β-unsaturated/α-hetero) is 1. The van der Waals surface area contributed by atoms with E-state index in [1.54, 1.807) is 6.20 Å². The highest BCUT2D eigenvalue weighted by atomic mass is 19.4. The third-order valence-electron chi connectivity index (χ3n) is 2.54. The van der Waals surface area contributed by atoms with Crippen molar-refractivity contribution in [3.05, 3.63) is 53.9 Å². The first-order valence-corrected chi connectivity index (χ1v) is 5.94. The van der Waals surface area contributed by atoms with E-state index in [1.807, 2.05) is 13.8 Å². The Kier molecular flexibility index (Phi) is 4.76. The van der Waals surface area contributed by atoms with Gasteiger partial charge < -0.3 is 4.90 Å². The van der Waals surface area contributed by atoms with Gasteiger partial charge in [0.25, 0.3) is 0 Å². The number of halogens is 3. The van der Waals surface area contributed by atoms with Gasteiger partial charge in [0.05, 0.1) is 5.56 Å². The SMILES string of the molecule is C=CN(C=C(C)C)c1cc(C(C)=O)cc(C(F)(F)F)c1. The zero-order valence-corrected chi connectivity index (χ0v) is 11.6. The van der Waals surface area contributed by atoms with Crippen molar-refractivity contribution in [2.75, 3.05) is 4.90 Å². The predicted octanol–water partition coefficient (Wildman–Crippen LogP) is 4.78. The third kappa shape index (κ3) is 3.98. The minimum Gasteiger partial charge on any atom is -0.325 e. The fourth-order valence-electron chi connectivity index (χ4n) is 1.64. The molecule has 0 aliphatic carbocycles. The summed E-state index contributed by atoms with van der Waals surface area (Å²) >= 11 is 0. The Hall–Kier alpha value is -2.04. The number of hydrogen-bond donors (Lipinski definition) is 0. The van der Waals surface area contributed by atoms with Crippen LogP contribution < -0.4 is 4.90 Å². The summed E-state index contributed by atoms with van der Waals surface area (Å²) in [4.78, 5) is 12.8. The van der Waals surface area contributed by atoms with E-state index < -0.39 is 17.5 Å². The van der Waals surface area contributed by atoms with Crippen molar-refractivity contribution in [1.29, 1.82) is 0 Å². The van der Waals surface area contributed by atoms with Crippen molar-refractivity contribution in [2.45, 2.75) is 26.9 Å². The van der Waals surface area contributed by atoms with Gasteiger partial charge in [-0.15, -0.1) is 0 Å². The number of benzene rings is 1.